The molecular weight excluding hydrogens is 599 g/mol. The molecule has 3 unspecified atom stereocenters. The van der Waals surface area contributed by atoms with Crippen molar-refractivity contribution in [3.63, 3.8) is 0 Å². The Labute approximate surface area is 288 Å². The number of hydrogen-bond acceptors (Lipinski definition) is 1. The second-order valence-electron chi connectivity index (χ2n) is 14.7. The van der Waals surface area contributed by atoms with E-state index in [1.807, 2.05) is 18.2 Å². The fourth-order valence-electron chi connectivity index (χ4n) is 10.1. The quantitative estimate of drug-likeness (QED) is 0.120. The monoisotopic (exact) mass is 643 g/mol. The van der Waals surface area contributed by atoms with E-state index in [1.54, 1.807) is 0 Å². The average Bonchev–Trinajstić information content (AvgIpc) is 3.49. The molecule has 0 radical (unpaired) electrons. The lowest BCUT2D eigenvalue weighted by atomic mass is 9.58. The summed E-state index contributed by atoms with van der Waals surface area (Å²) < 4.78 is 7.05. The minimum atomic E-state index is -0.199. The van der Waals surface area contributed by atoms with Crippen LogP contribution in [0.1, 0.15) is 89.0 Å². The van der Waals surface area contributed by atoms with Gasteiger partial charge in [0.25, 0.3) is 5.65 Å². The summed E-state index contributed by atoms with van der Waals surface area (Å²) in [5.74, 6) is 0. The van der Waals surface area contributed by atoms with E-state index in [0.29, 0.717) is 0 Å². The number of rotatable bonds is 8. The second-order valence-corrected chi connectivity index (χ2v) is 14.7. The largest absolute Gasteiger partial charge is 0.346 e. The molecule has 9 rings (SSSR count). The van der Waals surface area contributed by atoms with Crippen LogP contribution in [0.3, 0.4) is 0 Å². The highest BCUT2D eigenvalue weighted by molar-refractivity contribution is 5.98. The molecule has 0 amide bonds. The highest BCUT2D eigenvalue weighted by Crippen LogP contribution is 2.54. The molecule has 3 aromatic heterocycles. The van der Waals surface area contributed by atoms with Crippen LogP contribution in [-0.2, 0) is 17.4 Å². The van der Waals surface area contributed by atoms with Crippen LogP contribution in [0, 0.1) is 0 Å². The predicted octanol–water partition coefficient (Wildman–Crippen LogP) is 9.51. The summed E-state index contributed by atoms with van der Waals surface area (Å²) in [5, 5.41) is 5.83. The first-order valence-corrected chi connectivity index (χ1v) is 18.4. The summed E-state index contributed by atoms with van der Waals surface area (Å²) in [4.78, 5) is 14.5. The van der Waals surface area contributed by atoms with E-state index in [1.165, 1.54) is 62.3 Å². The highest BCUT2D eigenvalue weighted by Gasteiger charge is 2.59. The third-order valence-corrected chi connectivity index (χ3v) is 12.7. The smallest absolute Gasteiger partial charge is 0.241 e. The number of nitrogens with zero attached hydrogens (tertiary/aromatic N) is 3. The van der Waals surface area contributed by atoms with E-state index in [2.05, 4.69) is 132 Å². The van der Waals surface area contributed by atoms with Gasteiger partial charge in [-0.3, -0.25) is 0 Å². The van der Waals surface area contributed by atoms with Crippen LogP contribution in [0.5, 0.6) is 0 Å². The van der Waals surface area contributed by atoms with Crippen molar-refractivity contribution >= 4 is 38.1 Å². The van der Waals surface area contributed by atoms with Gasteiger partial charge in [-0.2, -0.15) is 13.5 Å². The summed E-state index contributed by atoms with van der Waals surface area (Å²) in [6.07, 6.45) is 11.9. The summed E-state index contributed by atoms with van der Waals surface area (Å²) >= 11 is 0. The van der Waals surface area contributed by atoms with Crippen LogP contribution < -0.4 is 14.5 Å². The van der Waals surface area contributed by atoms with Crippen LogP contribution in [0.15, 0.2) is 114 Å². The maximum absolute atomic E-state index is 14.5. The molecule has 5 heterocycles. The van der Waals surface area contributed by atoms with Crippen LogP contribution in [0.4, 0.5) is 0 Å². The van der Waals surface area contributed by atoms with Crippen molar-refractivity contribution in [2.45, 2.75) is 89.6 Å². The fourth-order valence-corrected chi connectivity index (χ4v) is 10.1. The van der Waals surface area contributed by atoms with Gasteiger partial charge in [-0.05, 0) is 84.8 Å². The van der Waals surface area contributed by atoms with Crippen molar-refractivity contribution in [3.8, 4) is 11.3 Å². The number of unbranched alkanes of at least 4 members (excludes halogenated alkanes) is 1. The standard InChI is InChI=1S/C45H45N3O/c1-5-8-14-30-21-22-33-32(29-30)25-28-47-41(33)34-16-9-11-19-37(34)44(4,6-2)45(47,7-3)26-23-39-35-18-13-15-31-24-27-46-38-20-12-10-17-36(38)43(49)48(39)42(46)40(31)35/h9-13,15-22,24-25,27-29,39H,5-8,14,23,26H2,1-4H3/q+2. The van der Waals surface area contributed by atoms with Crippen LogP contribution >= 0.6 is 0 Å². The molecule has 7 aromatic rings. The molecule has 3 atom stereocenters. The maximum atomic E-state index is 14.5. The molecule has 4 aromatic carbocycles. The Morgan fingerprint density at radius 1 is 0.796 bits per heavy atom. The second kappa shape index (κ2) is 11.1. The van der Waals surface area contributed by atoms with E-state index < -0.39 is 0 Å². The lowest BCUT2D eigenvalue weighted by molar-refractivity contribution is -0.769. The van der Waals surface area contributed by atoms with Crippen LogP contribution in [-0.4, -0.2) is 4.57 Å². The molecule has 244 valence electrons. The number of pyridine rings is 2. The molecule has 0 spiro atoms. The van der Waals surface area contributed by atoms with Crippen molar-refractivity contribution in [2.75, 3.05) is 0 Å². The lowest BCUT2D eigenvalue weighted by Crippen LogP contribution is -2.69. The van der Waals surface area contributed by atoms with E-state index in [4.69, 9.17) is 0 Å². The first-order chi connectivity index (χ1) is 24.0. The van der Waals surface area contributed by atoms with Crippen molar-refractivity contribution in [1.82, 2.24) is 4.57 Å². The number of hydrogen-bond donors (Lipinski definition) is 0. The first-order valence-electron chi connectivity index (χ1n) is 18.4. The highest BCUT2D eigenvalue weighted by atomic mass is 16.1. The number of aryl methyl sites for hydroxylation is 1. The molecule has 2 aliphatic rings. The normalized spacial score (nSPS) is 20.9. The number of aromatic nitrogens is 3. The molecule has 49 heavy (non-hydrogen) atoms. The van der Waals surface area contributed by atoms with E-state index >= 15 is 0 Å². The molecule has 4 heteroatoms. The Bertz CT molecular complexity index is 2530. The van der Waals surface area contributed by atoms with Crippen LogP contribution in [0.25, 0.3) is 49.4 Å². The fraction of sp³-hybridized carbons (Fsp3) is 0.311. The average molecular weight is 644 g/mol. The van der Waals surface area contributed by atoms with Gasteiger partial charge >= 0.3 is 5.56 Å². The van der Waals surface area contributed by atoms with Gasteiger partial charge in [0.2, 0.25) is 5.69 Å². The van der Waals surface area contributed by atoms with Gasteiger partial charge in [0.15, 0.2) is 11.7 Å². The van der Waals surface area contributed by atoms with Gasteiger partial charge in [0, 0.05) is 24.5 Å². The number of fused-ring (bicyclic) bond motifs is 7. The molecular formula is C45H45N3O+2. The summed E-state index contributed by atoms with van der Waals surface area (Å²) in [6.45, 7) is 9.53. The first kappa shape index (κ1) is 30.2. The van der Waals surface area contributed by atoms with Crippen molar-refractivity contribution < 1.29 is 8.97 Å². The molecule has 4 nitrogen and oxygen atoms in total. The Kier molecular flexibility index (Phi) is 6.85. The zero-order valence-corrected chi connectivity index (χ0v) is 29.2. The van der Waals surface area contributed by atoms with Gasteiger partial charge in [0.05, 0.1) is 27.9 Å². The summed E-state index contributed by atoms with van der Waals surface area (Å²) in [6, 6.07) is 35.6. The molecule has 0 aliphatic carbocycles. The lowest BCUT2D eigenvalue weighted by Gasteiger charge is -2.48. The topological polar surface area (TPSA) is 30.0 Å². The predicted molar refractivity (Wildman–Crippen MR) is 200 cm³/mol. The van der Waals surface area contributed by atoms with Crippen molar-refractivity contribution in [2.24, 2.45) is 0 Å². The third kappa shape index (κ3) is 4.00. The maximum Gasteiger partial charge on any atom is 0.346 e. The Morgan fingerprint density at radius 3 is 2.45 bits per heavy atom. The molecule has 0 bridgehead atoms. The Balaban J connectivity index is 1.25. The zero-order chi connectivity index (χ0) is 33.5. The minimum Gasteiger partial charge on any atom is -0.241 e. The van der Waals surface area contributed by atoms with Gasteiger partial charge in [0.1, 0.15) is 16.9 Å². The molecule has 0 saturated heterocycles. The van der Waals surface area contributed by atoms with Gasteiger partial charge < -0.3 is 0 Å². The van der Waals surface area contributed by atoms with E-state index in [-0.39, 0.29) is 22.6 Å². The molecule has 0 fully saturated rings. The minimum absolute atomic E-state index is 0.0412. The number of para-hydroxylation sites is 1. The summed E-state index contributed by atoms with van der Waals surface area (Å²) in [5.41, 5.74) is 8.62. The Morgan fingerprint density at radius 2 is 1.61 bits per heavy atom. The Hall–Kier alpha value is -4.83. The van der Waals surface area contributed by atoms with Crippen molar-refractivity contribution in [3.05, 3.63) is 136 Å². The molecule has 2 aliphatic heterocycles. The molecule has 0 N–H and O–H groups in total. The van der Waals surface area contributed by atoms with Gasteiger partial charge in [-0.15, -0.1) is 0 Å². The van der Waals surface area contributed by atoms with Gasteiger partial charge in [-0.25, -0.2) is 4.79 Å². The summed E-state index contributed by atoms with van der Waals surface area (Å²) in [7, 11) is 0. The molecule has 0 saturated carbocycles. The zero-order valence-electron chi connectivity index (χ0n) is 29.2. The van der Waals surface area contributed by atoms with E-state index in [9.17, 15) is 4.79 Å². The SMILES string of the molecule is CCCCc1ccc2c3[n+](ccc2c1)C(CC)(CCC1c2cccc4cc[n+]5c6ccccc6c(=O)n1c5c24)C(C)(CC)c1ccccc1-3. The van der Waals surface area contributed by atoms with Crippen LogP contribution in [0.2, 0.25) is 0 Å². The van der Waals surface area contributed by atoms with Gasteiger partial charge in [-0.1, -0.05) is 87.9 Å². The number of benzene rings is 4. The van der Waals surface area contributed by atoms with E-state index in [0.717, 1.165) is 48.7 Å². The third-order valence-electron chi connectivity index (χ3n) is 12.7. The van der Waals surface area contributed by atoms with Crippen molar-refractivity contribution in [1.29, 1.82) is 0 Å².